The summed E-state index contributed by atoms with van der Waals surface area (Å²) in [6, 6.07) is 13.0. The molecule has 2 aliphatic rings. The summed E-state index contributed by atoms with van der Waals surface area (Å²) in [5.74, 6) is 0.472. The Kier molecular flexibility index (Phi) is 4.42. The number of anilines is 1. The average molecular weight is 372 g/mol. The minimum absolute atomic E-state index is 0.0336. The zero-order valence-electron chi connectivity index (χ0n) is 14.2. The third kappa shape index (κ3) is 2.97. The zero-order valence-corrected chi connectivity index (χ0v) is 15.0. The Bertz CT molecular complexity index is 922. The highest BCUT2D eigenvalue weighted by molar-refractivity contribution is 7.91. The smallest absolute Gasteiger partial charge is 0.231 e. The number of fused-ring (bicyclic) bond motifs is 1. The van der Waals surface area contributed by atoms with Crippen LogP contribution in [0.1, 0.15) is 6.42 Å². The van der Waals surface area contributed by atoms with Gasteiger partial charge in [0.05, 0.1) is 27.9 Å². The summed E-state index contributed by atoms with van der Waals surface area (Å²) in [7, 11) is -3.62. The SMILES string of the molecule is O=C(C1CCNC1)N1CCOc2cc(S(=O)(=O)c3ccccc3)ccc21. The lowest BCUT2D eigenvalue weighted by Gasteiger charge is -2.31. The van der Waals surface area contributed by atoms with Crippen LogP contribution in [0.4, 0.5) is 5.69 Å². The first-order chi connectivity index (χ1) is 12.6. The number of hydrogen-bond acceptors (Lipinski definition) is 5. The first-order valence-corrected chi connectivity index (χ1v) is 10.1. The van der Waals surface area contributed by atoms with E-state index in [2.05, 4.69) is 5.32 Å². The Morgan fingerprint density at radius 2 is 1.92 bits per heavy atom. The summed E-state index contributed by atoms with van der Waals surface area (Å²) in [6.45, 7) is 2.37. The molecule has 7 heteroatoms. The molecule has 26 heavy (non-hydrogen) atoms. The molecule has 0 aliphatic carbocycles. The molecule has 4 rings (SSSR count). The van der Waals surface area contributed by atoms with E-state index in [9.17, 15) is 13.2 Å². The van der Waals surface area contributed by atoms with Gasteiger partial charge in [-0.3, -0.25) is 4.79 Å². The van der Waals surface area contributed by atoms with Gasteiger partial charge in [-0.1, -0.05) is 18.2 Å². The van der Waals surface area contributed by atoms with Gasteiger partial charge in [-0.2, -0.15) is 0 Å². The molecule has 0 radical (unpaired) electrons. The maximum atomic E-state index is 12.8. The Morgan fingerprint density at radius 3 is 2.65 bits per heavy atom. The maximum absolute atomic E-state index is 12.8. The lowest BCUT2D eigenvalue weighted by Crippen LogP contribution is -2.42. The molecule has 1 saturated heterocycles. The van der Waals surface area contributed by atoms with E-state index in [-0.39, 0.29) is 21.6 Å². The molecule has 1 N–H and O–H groups in total. The van der Waals surface area contributed by atoms with Gasteiger partial charge in [-0.15, -0.1) is 0 Å². The molecule has 1 unspecified atom stereocenters. The summed E-state index contributed by atoms with van der Waals surface area (Å²) in [5, 5.41) is 3.21. The lowest BCUT2D eigenvalue weighted by atomic mass is 10.1. The van der Waals surface area contributed by atoms with Crippen molar-refractivity contribution in [3.05, 3.63) is 48.5 Å². The highest BCUT2D eigenvalue weighted by Crippen LogP contribution is 2.36. The molecular formula is C19H20N2O4S. The number of hydrogen-bond donors (Lipinski definition) is 1. The quantitative estimate of drug-likeness (QED) is 0.890. The minimum atomic E-state index is -3.62. The largest absolute Gasteiger partial charge is 0.489 e. The van der Waals surface area contributed by atoms with E-state index in [0.717, 1.165) is 13.0 Å². The van der Waals surface area contributed by atoms with E-state index >= 15 is 0 Å². The topological polar surface area (TPSA) is 75.7 Å². The van der Waals surface area contributed by atoms with Crippen LogP contribution in [0, 0.1) is 5.92 Å². The number of amides is 1. The second kappa shape index (κ2) is 6.74. The fourth-order valence-corrected chi connectivity index (χ4v) is 4.71. The number of carbonyl (C=O) groups is 1. The van der Waals surface area contributed by atoms with Crippen LogP contribution in [0.3, 0.4) is 0 Å². The maximum Gasteiger partial charge on any atom is 0.231 e. The number of rotatable bonds is 3. The van der Waals surface area contributed by atoms with E-state index in [0.29, 0.717) is 31.1 Å². The summed E-state index contributed by atoms with van der Waals surface area (Å²) >= 11 is 0. The third-order valence-electron chi connectivity index (χ3n) is 4.83. The van der Waals surface area contributed by atoms with E-state index in [1.807, 2.05) is 0 Å². The van der Waals surface area contributed by atoms with Crippen LogP contribution in [0.15, 0.2) is 58.3 Å². The third-order valence-corrected chi connectivity index (χ3v) is 6.60. The highest BCUT2D eigenvalue weighted by atomic mass is 32.2. The highest BCUT2D eigenvalue weighted by Gasteiger charge is 2.32. The number of sulfone groups is 1. The summed E-state index contributed by atoms with van der Waals surface area (Å²) < 4.78 is 31.3. The summed E-state index contributed by atoms with van der Waals surface area (Å²) in [4.78, 5) is 14.9. The molecule has 2 aromatic rings. The molecule has 1 fully saturated rings. The molecule has 2 heterocycles. The van der Waals surface area contributed by atoms with Gasteiger partial charge in [0.2, 0.25) is 15.7 Å². The van der Waals surface area contributed by atoms with Crippen LogP contribution in [0.25, 0.3) is 0 Å². The van der Waals surface area contributed by atoms with E-state index in [4.69, 9.17) is 4.74 Å². The van der Waals surface area contributed by atoms with Crippen molar-refractivity contribution in [1.29, 1.82) is 0 Å². The van der Waals surface area contributed by atoms with Crippen molar-refractivity contribution in [3.8, 4) is 5.75 Å². The molecular weight excluding hydrogens is 352 g/mol. The standard InChI is InChI=1S/C19H20N2O4S/c22-19(14-8-9-20-13-14)21-10-11-25-18-12-16(6-7-17(18)21)26(23,24)15-4-2-1-3-5-15/h1-7,12,14,20H,8-11,13H2. The first kappa shape index (κ1) is 17.1. The number of benzene rings is 2. The normalized spacial score (nSPS) is 19.7. The molecule has 0 spiro atoms. The van der Waals surface area contributed by atoms with Crippen LogP contribution >= 0.6 is 0 Å². The van der Waals surface area contributed by atoms with Crippen molar-refractivity contribution in [2.75, 3.05) is 31.1 Å². The van der Waals surface area contributed by atoms with Gasteiger partial charge in [-0.25, -0.2) is 8.42 Å². The number of carbonyl (C=O) groups excluding carboxylic acids is 1. The van der Waals surface area contributed by atoms with Gasteiger partial charge >= 0.3 is 0 Å². The molecule has 0 aromatic heterocycles. The van der Waals surface area contributed by atoms with E-state index in [1.165, 1.54) is 6.07 Å². The lowest BCUT2D eigenvalue weighted by molar-refractivity contribution is -0.122. The fourth-order valence-electron chi connectivity index (χ4n) is 3.42. The van der Waals surface area contributed by atoms with Crippen LogP contribution in [-0.4, -0.2) is 40.6 Å². The van der Waals surface area contributed by atoms with Gasteiger partial charge in [0, 0.05) is 12.6 Å². The zero-order chi connectivity index (χ0) is 18.1. The van der Waals surface area contributed by atoms with Crippen LogP contribution in [0.5, 0.6) is 5.75 Å². The molecule has 1 atom stereocenters. The monoisotopic (exact) mass is 372 g/mol. The Morgan fingerprint density at radius 1 is 1.12 bits per heavy atom. The molecule has 2 aromatic carbocycles. The molecule has 0 bridgehead atoms. The molecule has 1 amide bonds. The van der Waals surface area contributed by atoms with E-state index < -0.39 is 9.84 Å². The van der Waals surface area contributed by atoms with Crippen LogP contribution in [0.2, 0.25) is 0 Å². The fraction of sp³-hybridized carbons (Fsp3) is 0.316. The van der Waals surface area contributed by atoms with Gasteiger partial charge < -0.3 is 15.0 Å². The molecule has 6 nitrogen and oxygen atoms in total. The predicted molar refractivity (Wildman–Crippen MR) is 97.2 cm³/mol. The molecule has 2 aliphatic heterocycles. The van der Waals surface area contributed by atoms with Gasteiger partial charge in [-0.05, 0) is 37.2 Å². The summed E-state index contributed by atoms with van der Waals surface area (Å²) in [6.07, 6.45) is 0.825. The van der Waals surface area contributed by atoms with Crippen molar-refractivity contribution < 1.29 is 17.9 Å². The minimum Gasteiger partial charge on any atom is -0.489 e. The van der Waals surface area contributed by atoms with Crippen molar-refractivity contribution in [3.63, 3.8) is 0 Å². The van der Waals surface area contributed by atoms with Gasteiger partial charge in [0.25, 0.3) is 0 Å². The number of nitrogens with zero attached hydrogens (tertiary/aromatic N) is 1. The number of nitrogens with one attached hydrogen (secondary N) is 1. The summed E-state index contributed by atoms with van der Waals surface area (Å²) in [5.41, 5.74) is 0.639. The Hall–Kier alpha value is -2.38. The van der Waals surface area contributed by atoms with Crippen molar-refractivity contribution in [1.82, 2.24) is 5.32 Å². The van der Waals surface area contributed by atoms with E-state index in [1.54, 1.807) is 47.4 Å². The first-order valence-electron chi connectivity index (χ1n) is 8.66. The average Bonchev–Trinajstić information content (AvgIpc) is 3.22. The second-order valence-electron chi connectivity index (χ2n) is 6.47. The predicted octanol–water partition coefficient (Wildman–Crippen LogP) is 1.85. The molecule has 0 saturated carbocycles. The van der Waals surface area contributed by atoms with Crippen molar-refractivity contribution in [2.24, 2.45) is 5.92 Å². The van der Waals surface area contributed by atoms with Crippen molar-refractivity contribution >= 4 is 21.4 Å². The number of ether oxygens (including phenoxy) is 1. The van der Waals surface area contributed by atoms with Gasteiger partial charge in [0.15, 0.2) is 0 Å². The van der Waals surface area contributed by atoms with Crippen LogP contribution in [-0.2, 0) is 14.6 Å². The van der Waals surface area contributed by atoms with Crippen molar-refractivity contribution in [2.45, 2.75) is 16.2 Å². The van der Waals surface area contributed by atoms with Gasteiger partial charge in [0.1, 0.15) is 12.4 Å². The second-order valence-corrected chi connectivity index (χ2v) is 8.42. The Labute approximate surface area is 152 Å². The van der Waals surface area contributed by atoms with Crippen LogP contribution < -0.4 is 15.0 Å². The Balaban J connectivity index is 1.68. The molecule has 136 valence electrons.